The summed E-state index contributed by atoms with van der Waals surface area (Å²) in [5.41, 5.74) is 0.185. The van der Waals surface area contributed by atoms with Crippen molar-refractivity contribution in [3.63, 3.8) is 0 Å². The molecule has 3 heteroatoms. The minimum atomic E-state index is -0.0861. The number of nitrogens with zero attached hydrogens (tertiary/aromatic N) is 1. The first-order valence-corrected chi connectivity index (χ1v) is 6.88. The Kier molecular flexibility index (Phi) is 7.29. The van der Waals surface area contributed by atoms with Gasteiger partial charge in [-0.3, -0.25) is 0 Å². The van der Waals surface area contributed by atoms with Crippen LogP contribution in [0.3, 0.4) is 0 Å². The molecule has 0 radical (unpaired) electrons. The molecule has 0 aromatic carbocycles. The molecule has 104 valence electrons. The van der Waals surface area contributed by atoms with Crippen LogP contribution in [0, 0.1) is 0 Å². The van der Waals surface area contributed by atoms with E-state index in [0.29, 0.717) is 0 Å². The van der Waals surface area contributed by atoms with E-state index in [9.17, 15) is 5.11 Å². The summed E-state index contributed by atoms with van der Waals surface area (Å²) < 4.78 is 0. The lowest BCUT2D eigenvalue weighted by molar-refractivity contribution is 0.123. The summed E-state index contributed by atoms with van der Waals surface area (Å²) >= 11 is 0. The zero-order chi connectivity index (χ0) is 13.5. The SMILES string of the molecule is CCC(CO)(CCCN(C)C(C)(C)CC)NC. The largest absolute Gasteiger partial charge is 0.394 e. The van der Waals surface area contributed by atoms with Crippen molar-refractivity contribution in [3.05, 3.63) is 0 Å². The number of aliphatic hydroxyl groups excluding tert-OH is 1. The highest BCUT2D eigenvalue weighted by Gasteiger charge is 2.26. The summed E-state index contributed by atoms with van der Waals surface area (Å²) in [6, 6.07) is 0. The van der Waals surface area contributed by atoms with Crippen LogP contribution in [0.1, 0.15) is 53.4 Å². The van der Waals surface area contributed by atoms with Gasteiger partial charge < -0.3 is 15.3 Å². The molecular formula is C14H32N2O. The molecular weight excluding hydrogens is 212 g/mol. The van der Waals surface area contributed by atoms with Crippen molar-refractivity contribution < 1.29 is 5.11 Å². The number of likely N-dealkylation sites (N-methyl/N-ethyl adjacent to an activating group) is 1. The van der Waals surface area contributed by atoms with E-state index >= 15 is 0 Å². The van der Waals surface area contributed by atoms with Crippen molar-refractivity contribution in [2.45, 2.75) is 64.5 Å². The number of hydrogen-bond acceptors (Lipinski definition) is 3. The molecule has 0 amide bonds. The third kappa shape index (κ3) is 4.94. The number of aliphatic hydroxyl groups is 1. The van der Waals surface area contributed by atoms with Gasteiger partial charge in [0.1, 0.15) is 0 Å². The molecule has 0 bridgehead atoms. The van der Waals surface area contributed by atoms with E-state index in [2.05, 4.69) is 45.0 Å². The van der Waals surface area contributed by atoms with Crippen LogP contribution in [0.5, 0.6) is 0 Å². The van der Waals surface area contributed by atoms with Gasteiger partial charge in [0.2, 0.25) is 0 Å². The molecule has 3 nitrogen and oxygen atoms in total. The maximum Gasteiger partial charge on any atom is 0.0613 e. The Balaban J connectivity index is 4.14. The fraction of sp³-hybridized carbons (Fsp3) is 1.00. The van der Waals surface area contributed by atoms with Gasteiger partial charge in [-0.2, -0.15) is 0 Å². The van der Waals surface area contributed by atoms with Gasteiger partial charge >= 0.3 is 0 Å². The number of rotatable bonds is 9. The van der Waals surface area contributed by atoms with Gasteiger partial charge in [0.15, 0.2) is 0 Å². The molecule has 0 rings (SSSR count). The summed E-state index contributed by atoms with van der Waals surface area (Å²) in [5, 5.41) is 12.7. The zero-order valence-corrected chi connectivity index (χ0v) is 12.6. The molecule has 0 aliphatic rings. The predicted octanol–water partition coefficient (Wildman–Crippen LogP) is 2.25. The Morgan fingerprint density at radius 1 is 1.18 bits per heavy atom. The summed E-state index contributed by atoms with van der Waals surface area (Å²) in [4.78, 5) is 2.42. The van der Waals surface area contributed by atoms with Crippen LogP contribution >= 0.6 is 0 Å². The molecule has 17 heavy (non-hydrogen) atoms. The van der Waals surface area contributed by atoms with Gasteiger partial charge in [0.25, 0.3) is 0 Å². The first-order chi connectivity index (χ1) is 7.87. The quantitative estimate of drug-likeness (QED) is 0.653. The molecule has 0 saturated heterocycles. The average Bonchev–Trinajstić information content (AvgIpc) is 2.35. The summed E-state index contributed by atoms with van der Waals surface area (Å²) in [6.45, 7) is 10.2. The van der Waals surface area contributed by atoms with Crippen molar-refractivity contribution in [1.82, 2.24) is 10.2 Å². The molecule has 0 spiro atoms. The van der Waals surface area contributed by atoms with Crippen LogP contribution < -0.4 is 5.32 Å². The van der Waals surface area contributed by atoms with Crippen molar-refractivity contribution in [3.8, 4) is 0 Å². The smallest absolute Gasteiger partial charge is 0.0613 e. The van der Waals surface area contributed by atoms with Crippen molar-refractivity contribution in [2.24, 2.45) is 0 Å². The lowest BCUT2D eigenvalue weighted by Gasteiger charge is -2.36. The summed E-state index contributed by atoms with van der Waals surface area (Å²) in [6.07, 6.45) is 4.28. The van der Waals surface area contributed by atoms with Gasteiger partial charge in [0, 0.05) is 11.1 Å². The molecule has 0 fully saturated rings. The first kappa shape index (κ1) is 16.9. The fourth-order valence-corrected chi connectivity index (χ4v) is 1.98. The predicted molar refractivity (Wildman–Crippen MR) is 75.4 cm³/mol. The van der Waals surface area contributed by atoms with Crippen LogP contribution in [0.15, 0.2) is 0 Å². The highest BCUT2D eigenvalue weighted by atomic mass is 16.3. The molecule has 0 aliphatic heterocycles. The van der Waals surface area contributed by atoms with E-state index in [1.807, 2.05) is 7.05 Å². The third-order valence-electron chi connectivity index (χ3n) is 4.56. The molecule has 0 heterocycles. The Hall–Kier alpha value is -0.120. The average molecular weight is 244 g/mol. The zero-order valence-electron chi connectivity index (χ0n) is 12.6. The van der Waals surface area contributed by atoms with Gasteiger partial charge in [-0.05, 0) is 60.2 Å². The van der Waals surface area contributed by atoms with E-state index in [1.54, 1.807) is 0 Å². The van der Waals surface area contributed by atoms with E-state index < -0.39 is 0 Å². The van der Waals surface area contributed by atoms with Gasteiger partial charge in [0.05, 0.1) is 6.61 Å². The normalized spacial score (nSPS) is 16.2. The van der Waals surface area contributed by atoms with Gasteiger partial charge in [-0.1, -0.05) is 13.8 Å². The number of hydrogen-bond donors (Lipinski definition) is 2. The topological polar surface area (TPSA) is 35.5 Å². The Labute approximate surface area is 108 Å². The Morgan fingerprint density at radius 3 is 2.12 bits per heavy atom. The molecule has 1 unspecified atom stereocenters. The maximum atomic E-state index is 9.47. The van der Waals surface area contributed by atoms with Crippen molar-refractivity contribution in [2.75, 3.05) is 27.2 Å². The lowest BCUT2D eigenvalue weighted by atomic mass is 9.91. The van der Waals surface area contributed by atoms with Crippen LogP contribution in [0.25, 0.3) is 0 Å². The van der Waals surface area contributed by atoms with Crippen LogP contribution in [-0.4, -0.2) is 48.3 Å². The van der Waals surface area contributed by atoms with E-state index in [1.165, 1.54) is 0 Å². The summed E-state index contributed by atoms with van der Waals surface area (Å²) in [5.74, 6) is 0. The second kappa shape index (κ2) is 7.34. The first-order valence-electron chi connectivity index (χ1n) is 6.88. The highest BCUT2D eigenvalue weighted by molar-refractivity contribution is 4.85. The van der Waals surface area contributed by atoms with Gasteiger partial charge in [-0.25, -0.2) is 0 Å². The standard InChI is InChI=1S/C14H32N2O/c1-7-13(3,4)16(6)11-9-10-14(8-2,12-17)15-5/h15,17H,7-12H2,1-6H3. The molecule has 0 aliphatic carbocycles. The third-order valence-corrected chi connectivity index (χ3v) is 4.56. The molecule has 0 saturated carbocycles. The van der Waals surface area contributed by atoms with Crippen LogP contribution in [0.4, 0.5) is 0 Å². The minimum absolute atomic E-state index is 0.0861. The second-order valence-electron chi connectivity index (χ2n) is 5.73. The van der Waals surface area contributed by atoms with Crippen molar-refractivity contribution >= 4 is 0 Å². The second-order valence-corrected chi connectivity index (χ2v) is 5.73. The fourth-order valence-electron chi connectivity index (χ4n) is 1.98. The van der Waals surface area contributed by atoms with Crippen molar-refractivity contribution in [1.29, 1.82) is 0 Å². The number of nitrogens with one attached hydrogen (secondary N) is 1. The van der Waals surface area contributed by atoms with E-state index in [4.69, 9.17) is 0 Å². The summed E-state index contributed by atoms with van der Waals surface area (Å²) in [7, 11) is 4.13. The minimum Gasteiger partial charge on any atom is -0.394 e. The molecule has 2 N–H and O–H groups in total. The van der Waals surface area contributed by atoms with Crippen LogP contribution in [0.2, 0.25) is 0 Å². The highest BCUT2D eigenvalue weighted by Crippen LogP contribution is 2.20. The maximum absolute atomic E-state index is 9.47. The lowest BCUT2D eigenvalue weighted by Crippen LogP contribution is -2.47. The Bertz CT molecular complexity index is 192. The molecule has 0 aromatic heterocycles. The molecule has 0 aromatic rings. The van der Waals surface area contributed by atoms with Gasteiger partial charge in [-0.15, -0.1) is 0 Å². The van der Waals surface area contributed by atoms with Crippen LogP contribution in [-0.2, 0) is 0 Å². The molecule has 1 atom stereocenters. The monoisotopic (exact) mass is 244 g/mol. The van der Waals surface area contributed by atoms with E-state index in [-0.39, 0.29) is 17.7 Å². The van der Waals surface area contributed by atoms with E-state index in [0.717, 1.165) is 32.2 Å². The Morgan fingerprint density at radius 2 is 1.76 bits per heavy atom.